The van der Waals surface area contributed by atoms with Crippen LogP contribution in [0.5, 0.6) is 0 Å². The van der Waals surface area contributed by atoms with E-state index in [1.165, 1.54) is 24.3 Å². The number of likely N-dealkylation sites (tertiary alicyclic amines) is 1. The Morgan fingerprint density at radius 1 is 0.932 bits per heavy atom. The standard InChI is InChI=1S/C35H40F4N2O3/c1-24(2)44-32(42)23-34(3,26-13-15-28(36)16-14-26)19-6-20-41-21-17-29(18-22-41)40-33(43)31-8-5-4-7-30(31)25-9-11-27(12-10-25)35(37,38)39/h4-5,7-16,24,29H,6,17-23H2,1-3H3,(H,40,43). The number of hydrogen-bond acceptors (Lipinski definition) is 4. The molecule has 1 fully saturated rings. The Hall–Kier alpha value is -3.72. The molecule has 0 aliphatic carbocycles. The summed E-state index contributed by atoms with van der Waals surface area (Å²) in [5, 5.41) is 3.12. The molecule has 3 aromatic rings. The molecule has 0 saturated carbocycles. The number of ether oxygens (including phenoxy) is 1. The average molecular weight is 613 g/mol. The number of esters is 1. The van der Waals surface area contributed by atoms with Gasteiger partial charge in [-0.05, 0) is 93.1 Å². The Labute approximate surface area is 256 Å². The highest BCUT2D eigenvalue weighted by Gasteiger charge is 2.32. The number of halogens is 4. The van der Waals surface area contributed by atoms with Gasteiger partial charge in [-0.15, -0.1) is 0 Å². The SMILES string of the molecule is CC(C)OC(=O)CC(C)(CCCN1CCC(NC(=O)c2ccccc2-c2ccc(C(F)(F)F)cc2)CC1)c1ccc(F)cc1. The Balaban J connectivity index is 1.31. The summed E-state index contributed by atoms with van der Waals surface area (Å²) in [6.07, 6.45) is -1.33. The van der Waals surface area contributed by atoms with Crippen molar-refractivity contribution in [2.24, 2.45) is 0 Å². The predicted octanol–water partition coefficient (Wildman–Crippen LogP) is 7.79. The molecular weight excluding hydrogens is 572 g/mol. The number of amides is 1. The number of benzene rings is 3. The second kappa shape index (κ2) is 14.4. The van der Waals surface area contributed by atoms with Crippen LogP contribution in [0.25, 0.3) is 11.1 Å². The molecule has 1 N–H and O–H groups in total. The number of alkyl halides is 3. The number of carbonyl (C=O) groups excluding carboxylic acids is 2. The maximum absolute atomic E-state index is 13.6. The van der Waals surface area contributed by atoms with Crippen LogP contribution in [0.1, 0.15) is 74.4 Å². The molecule has 1 saturated heterocycles. The second-order valence-electron chi connectivity index (χ2n) is 12.1. The molecule has 3 aromatic carbocycles. The summed E-state index contributed by atoms with van der Waals surface area (Å²) in [5.74, 6) is -0.843. The first-order chi connectivity index (χ1) is 20.8. The van der Waals surface area contributed by atoms with E-state index in [-0.39, 0.29) is 36.3 Å². The lowest BCUT2D eigenvalue weighted by atomic mass is 9.75. The van der Waals surface area contributed by atoms with Crippen molar-refractivity contribution in [3.63, 3.8) is 0 Å². The molecule has 5 nitrogen and oxygen atoms in total. The van der Waals surface area contributed by atoms with Crippen LogP contribution in [0.15, 0.2) is 72.8 Å². The highest BCUT2D eigenvalue weighted by atomic mass is 19.4. The van der Waals surface area contributed by atoms with Crippen molar-refractivity contribution in [1.82, 2.24) is 10.2 Å². The average Bonchev–Trinajstić information content (AvgIpc) is 2.97. The van der Waals surface area contributed by atoms with Crippen LogP contribution in [-0.4, -0.2) is 48.6 Å². The fraction of sp³-hybridized carbons (Fsp3) is 0.429. The molecule has 1 amide bonds. The van der Waals surface area contributed by atoms with E-state index in [9.17, 15) is 27.2 Å². The highest BCUT2D eigenvalue weighted by Crippen LogP contribution is 2.34. The molecule has 0 bridgehead atoms. The highest BCUT2D eigenvalue weighted by molar-refractivity contribution is 6.01. The normalized spacial score (nSPS) is 16.0. The van der Waals surface area contributed by atoms with E-state index in [4.69, 9.17) is 4.74 Å². The first-order valence-electron chi connectivity index (χ1n) is 15.1. The zero-order valence-electron chi connectivity index (χ0n) is 25.4. The van der Waals surface area contributed by atoms with Gasteiger partial charge in [0.2, 0.25) is 0 Å². The van der Waals surface area contributed by atoms with Gasteiger partial charge in [0.15, 0.2) is 0 Å². The fourth-order valence-corrected chi connectivity index (χ4v) is 5.84. The van der Waals surface area contributed by atoms with Gasteiger partial charge in [-0.25, -0.2) is 4.39 Å². The maximum Gasteiger partial charge on any atom is 0.416 e. The predicted molar refractivity (Wildman–Crippen MR) is 163 cm³/mol. The van der Waals surface area contributed by atoms with Crippen molar-refractivity contribution >= 4 is 11.9 Å². The second-order valence-corrected chi connectivity index (χ2v) is 12.1. The third-order valence-electron chi connectivity index (χ3n) is 8.26. The molecule has 4 rings (SSSR count). The Bertz CT molecular complexity index is 1400. The molecule has 9 heteroatoms. The van der Waals surface area contributed by atoms with Gasteiger partial charge in [0.05, 0.1) is 18.1 Å². The zero-order chi connectivity index (χ0) is 31.9. The molecule has 1 atom stereocenters. The summed E-state index contributed by atoms with van der Waals surface area (Å²) in [4.78, 5) is 28.2. The van der Waals surface area contributed by atoms with Crippen molar-refractivity contribution in [3.8, 4) is 11.1 Å². The molecule has 1 unspecified atom stereocenters. The quantitative estimate of drug-likeness (QED) is 0.178. The lowest BCUT2D eigenvalue weighted by Crippen LogP contribution is -2.45. The summed E-state index contributed by atoms with van der Waals surface area (Å²) in [6.45, 7) is 8.08. The molecule has 236 valence electrons. The third kappa shape index (κ3) is 8.91. The van der Waals surface area contributed by atoms with Crippen molar-refractivity contribution in [2.75, 3.05) is 19.6 Å². The van der Waals surface area contributed by atoms with E-state index in [0.29, 0.717) is 16.7 Å². The number of piperidine rings is 1. The van der Waals surface area contributed by atoms with Crippen LogP contribution in [0.2, 0.25) is 0 Å². The molecule has 1 aliphatic rings. The summed E-state index contributed by atoms with van der Waals surface area (Å²) >= 11 is 0. The third-order valence-corrected chi connectivity index (χ3v) is 8.26. The van der Waals surface area contributed by atoms with Crippen LogP contribution in [-0.2, 0) is 21.1 Å². The Kier molecular flexibility index (Phi) is 10.8. The van der Waals surface area contributed by atoms with Crippen LogP contribution in [0.4, 0.5) is 17.6 Å². The van der Waals surface area contributed by atoms with Crippen molar-refractivity contribution < 1.29 is 31.9 Å². The monoisotopic (exact) mass is 612 g/mol. The Morgan fingerprint density at radius 3 is 2.16 bits per heavy atom. The molecule has 1 heterocycles. The van der Waals surface area contributed by atoms with Crippen molar-refractivity contribution in [2.45, 2.75) is 76.6 Å². The molecule has 0 spiro atoms. The van der Waals surface area contributed by atoms with E-state index < -0.39 is 17.2 Å². The van der Waals surface area contributed by atoms with E-state index in [0.717, 1.165) is 63.0 Å². The van der Waals surface area contributed by atoms with Gasteiger partial charge in [0, 0.05) is 30.1 Å². The summed E-state index contributed by atoms with van der Waals surface area (Å²) in [7, 11) is 0. The summed E-state index contributed by atoms with van der Waals surface area (Å²) < 4.78 is 58.0. The number of rotatable bonds is 11. The van der Waals surface area contributed by atoms with E-state index >= 15 is 0 Å². The minimum atomic E-state index is -4.42. The van der Waals surface area contributed by atoms with E-state index in [1.807, 2.05) is 20.8 Å². The molecule has 0 radical (unpaired) electrons. The van der Waals surface area contributed by atoms with Crippen LogP contribution in [0, 0.1) is 5.82 Å². The van der Waals surface area contributed by atoms with Gasteiger partial charge < -0.3 is 15.0 Å². The minimum Gasteiger partial charge on any atom is -0.463 e. The van der Waals surface area contributed by atoms with E-state index in [1.54, 1.807) is 36.4 Å². The lowest BCUT2D eigenvalue weighted by Gasteiger charge is -2.34. The van der Waals surface area contributed by atoms with Gasteiger partial charge >= 0.3 is 12.1 Å². The molecule has 44 heavy (non-hydrogen) atoms. The minimum absolute atomic E-state index is 0.0188. The lowest BCUT2D eigenvalue weighted by molar-refractivity contribution is -0.149. The zero-order valence-corrected chi connectivity index (χ0v) is 25.4. The van der Waals surface area contributed by atoms with Gasteiger partial charge in [-0.1, -0.05) is 49.4 Å². The molecular formula is C35H40F4N2O3. The first kappa shape index (κ1) is 33.2. The van der Waals surface area contributed by atoms with Gasteiger partial charge in [0.1, 0.15) is 5.82 Å². The summed E-state index contributed by atoms with van der Waals surface area (Å²) in [5.41, 5.74) is 1.22. The van der Waals surface area contributed by atoms with Crippen LogP contribution < -0.4 is 5.32 Å². The summed E-state index contributed by atoms with van der Waals surface area (Å²) in [6, 6.07) is 18.1. The van der Waals surface area contributed by atoms with Crippen LogP contribution >= 0.6 is 0 Å². The topological polar surface area (TPSA) is 58.6 Å². The first-order valence-corrected chi connectivity index (χ1v) is 15.1. The number of carbonyl (C=O) groups is 2. The number of nitrogens with zero attached hydrogens (tertiary/aromatic N) is 1. The number of nitrogens with one attached hydrogen (secondary N) is 1. The fourth-order valence-electron chi connectivity index (χ4n) is 5.84. The Morgan fingerprint density at radius 2 is 1.55 bits per heavy atom. The molecule has 1 aliphatic heterocycles. The smallest absolute Gasteiger partial charge is 0.416 e. The van der Waals surface area contributed by atoms with Crippen molar-refractivity contribution in [1.29, 1.82) is 0 Å². The maximum atomic E-state index is 13.6. The van der Waals surface area contributed by atoms with Gasteiger partial charge in [-0.3, -0.25) is 9.59 Å². The van der Waals surface area contributed by atoms with Gasteiger partial charge in [-0.2, -0.15) is 13.2 Å². The van der Waals surface area contributed by atoms with Crippen molar-refractivity contribution in [3.05, 3.63) is 95.3 Å². The number of hydrogen-bond donors (Lipinski definition) is 1. The van der Waals surface area contributed by atoms with E-state index in [2.05, 4.69) is 10.2 Å². The largest absolute Gasteiger partial charge is 0.463 e. The molecule has 0 aromatic heterocycles. The van der Waals surface area contributed by atoms with Crippen LogP contribution in [0.3, 0.4) is 0 Å². The van der Waals surface area contributed by atoms with Gasteiger partial charge in [0.25, 0.3) is 5.91 Å².